The second kappa shape index (κ2) is 10.0. The molecule has 0 saturated carbocycles. The lowest BCUT2D eigenvalue weighted by Gasteiger charge is -2.08. The molecule has 0 fully saturated rings. The van der Waals surface area contributed by atoms with Crippen molar-refractivity contribution in [1.29, 1.82) is 0 Å². The highest BCUT2D eigenvalue weighted by Gasteiger charge is 2.11. The van der Waals surface area contributed by atoms with Crippen molar-refractivity contribution in [3.05, 3.63) is 46.7 Å². The third-order valence-electron chi connectivity index (χ3n) is 2.98. The molecule has 1 N–H and O–H groups in total. The van der Waals surface area contributed by atoms with E-state index < -0.39 is 0 Å². The van der Waals surface area contributed by atoms with Crippen LogP contribution in [0.3, 0.4) is 0 Å². The summed E-state index contributed by atoms with van der Waals surface area (Å²) >= 11 is 14.4. The van der Waals surface area contributed by atoms with Crippen molar-refractivity contribution in [3.8, 4) is 0 Å². The lowest BCUT2D eigenvalue weighted by Crippen LogP contribution is -2.11. The van der Waals surface area contributed by atoms with Crippen LogP contribution in [-0.4, -0.2) is 45.2 Å². The average Bonchev–Trinajstić information content (AvgIpc) is 2.66. The number of pyridine rings is 2. The standard InChI is InChI=1S/C16H14Cl2N6OS2/c1-25-7-6-19-14-22-15(26-12-4-2-10(17)8-20-12)24-16(23-14)27-13-5-3-11(18)9-21-13/h2-5,8-9H,6-7H2,1H3,(H,19,22,23,24). The van der Waals surface area contributed by atoms with Crippen molar-refractivity contribution in [1.82, 2.24) is 24.9 Å². The van der Waals surface area contributed by atoms with E-state index in [0.29, 0.717) is 39.5 Å². The minimum absolute atomic E-state index is 0.454. The van der Waals surface area contributed by atoms with Gasteiger partial charge in [0.15, 0.2) is 10.3 Å². The molecule has 0 amide bonds. The second-order valence-corrected chi connectivity index (χ2v) is 7.83. The first-order valence-electron chi connectivity index (χ1n) is 7.70. The minimum Gasteiger partial charge on any atom is -0.383 e. The van der Waals surface area contributed by atoms with Gasteiger partial charge in [-0.05, 0) is 47.8 Å². The molecule has 27 heavy (non-hydrogen) atoms. The van der Waals surface area contributed by atoms with Gasteiger partial charge in [-0.3, -0.25) is 0 Å². The molecular formula is C16H14Cl2N6OS2. The third kappa shape index (κ3) is 6.47. The number of hydrogen-bond acceptors (Lipinski definition) is 9. The molecule has 0 aliphatic carbocycles. The Balaban J connectivity index is 1.82. The number of nitrogens with zero attached hydrogens (tertiary/aromatic N) is 5. The van der Waals surface area contributed by atoms with Gasteiger partial charge < -0.3 is 10.1 Å². The van der Waals surface area contributed by atoms with Gasteiger partial charge in [0.2, 0.25) is 5.95 Å². The van der Waals surface area contributed by atoms with E-state index in [0.717, 1.165) is 10.1 Å². The highest BCUT2D eigenvalue weighted by atomic mass is 35.5. The molecule has 0 bridgehead atoms. The number of rotatable bonds is 8. The van der Waals surface area contributed by atoms with E-state index in [1.807, 2.05) is 12.1 Å². The molecule has 3 aromatic rings. The van der Waals surface area contributed by atoms with E-state index in [9.17, 15) is 0 Å². The molecule has 0 aromatic carbocycles. The van der Waals surface area contributed by atoms with Crippen LogP contribution < -0.4 is 5.32 Å². The smallest absolute Gasteiger partial charge is 0.227 e. The van der Waals surface area contributed by atoms with Crippen LogP contribution in [0.15, 0.2) is 57.0 Å². The molecule has 0 aliphatic heterocycles. The monoisotopic (exact) mass is 440 g/mol. The minimum atomic E-state index is 0.454. The van der Waals surface area contributed by atoms with Crippen molar-refractivity contribution in [3.63, 3.8) is 0 Å². The molecule has 0 spiro atoms. The van der Waals surface area contributed by atoms with Gasteiger partial charge in [-0.15, -0.1) is 0 Å². The Morgan fingerprint density at radius 1 is 0.889 bits per heavy atom. The average molecular weight is 441 g/mol. The van der Waals surface area contributed by atoms with E-state index >= 15 is 0 Å². The van der Waals surface area contributed by atoms with Gasteiger partial charge in [0.1, 0.15) is 10.1 Å². The number of methoxy groups -OCH3 is 1. The molecule has 0 radical (unpaired) electrons. The van der Waals surface area contributed by atoms with Gasteiger partial charge in [-0.2, -0.15) is 15.0 Å². The van der Waals surface area contributed by atoms with Crippen LogP contribution in [0.1, 0.15) is 0 Å². The van der Waals surface area contributed by atoms with Crippen LogP contribution >= 0.6 is 46.7 Å². The van der Waals surface area contributed by atoms with Crippen LogP contribution in [-0.2, 0) is 4.74 Å². The van der Waals surface area contributed by atoms with Gasteiger partial charge >= 0.3 is 0 Å². The summed E-state index contributed by atoms with van der Waals surface area (Å²) in [5, 5.41) is 6.74. The third-order valence-corrected chi connectivity index (χ3v) is 5.05. The number of ether oxygens (including phenoxy) is 1. The zero-order valence-electron chi connectivity index (χ0n) is 14.1. The number of nitrogens with one attached hydrogen (secondary N) is 1. The maximum Gasteiger partial charge on any atom is 0.227 e. The maximum atomic E-state index is 5.88. The zero-order chi connectivity index (χ0) is 19.1. The SMILES string of the molecule is COCCNc1nc(Sc2ccc(Cl)cn2)nc(Sc2ccc(Cl)cn2)n1. The summed E-state index contributed by atoms with van der Waals surface area (Å²) in [4.78, 5) is 21.9. The number of aromatic nitrogens is 5. The summed E-state index contributed by atoms with van der Waals surface area (Å²) in [5.41, 5.74) is 0. The van der Waals surface area contributed by atoms with Gasteiger partial charge in [0, 0.05) is 26.0 Å². The highest BCUT2D eigenvalue weighted by molar-refractivity contribution is 7.99. The number of anilines is 1. The Hall–Kier alpha value is -1.65. The number of halogens is 2. The largest absolute Gasteiger partial charge is 0.383 e. The molecular weight excluding hydrogens is 427 g/mol. The van der Waals surface area contributed by atoms with E-state index in [2.05, 4.69) is 30.2 Å². The first-order chi connectivity index (χ1) is 13.1. The quantitative estimate of drug-likeness (QED) is 0.514. The van der Waals surface area contributed by atoms with Gasteiger partial charge in [-0.25, -0.2) is 9.97 Å². The Morgan fingerprint density at radius 2 is 1.44 bits per heavy atom. The summed E-state index contributed by atoms with van der Waals surface area (Å²) < 4.78 is 5.05. The van der Waals surface area contributed by atoms with Crippen molar-refractivity contribution in [2.75, 3.05) is 25.6 Å². The predicted molar refractivity (Wildman–Crippen MR) is 107 cm³/mol. The molecule has 3 rings (SSSR count). The van der Waals surface area contributed by atoms with Crippen molar-refractivity contribution in [2.24, 2.45) is 0 Å². The van der Waals surface area contributed by atoms with Gasteiger partial charge in [-0.1, -0.05) is 23.2 Å². The summed E-state index contributed by atoms with van der Waals surface area (Å²) in [6.07, 6.45) is 3.16. The van der Waals surface area contributed by atoms with Crippen molar-refractivity contribution < 1.29 is 4.74 Å². The summed E-state index contributed by atoms with van der Waals surface area (Å²) in [6, 6.07) is 7.15. The normalized spacial score (nSPS) is 10.8. The Labute approximate surface area is 174 Å². The number of hydrogen-bond donors (Lipinski definition) is 1. The van der Waals surface area contributed by atoms with E-state index in [1.165, 1.54) is 23.5 Å². The van der Waals surface area contributed by atoms with Crippen LogP contribution in [0.4, 0.5) is 5.95 Å². The van der Waals surface area contributed by atoms with E-state index in [1.54, 1.807) is 31.6 Å². The summed E-state index contributed by atoms with van der Waals surface area (Å²) in [7, 11) is 1.63. The van der Waals surface area contributed by atoms with Crippen molar-refractivity contribution in [2.45, 2.75) is 20.4 Å². The van der Waals surface area contributed by atoms with Crippen LogP contribution in [0.5, 0.6) is 0 Å². The first kappa shape index (κ1) is 20.1. The van der Waals surface area contributed by atoms with Crippen molar-refractivity contribution >= 4 is 52.7 Å². The predicted octanol–water partition coefficient (Wildman–Crippen LogP) is 4.33. The fourth-order valence-electron chi connectivity index (χ4n) is 1.81. The van der Waals surface area contributed by atoms with E-state index in [4.69, 9.17) is 27.9 Å². The maximum absolute atomic E-state index is 5.88. The fraction of sp³-hybridized carbons (Fsp3) is 0.188. The van der Waals surface area contributed by atoms with Crippen LogP contribution in [0.2, 0.25) is 10.0 Å². The van der Waals surface area contributed by atoms with Crippen LogP contribution in [0, 0.1) is 0 Å². The first-order valence-corrected chi connectivity index (χ1v) is 10.1. The summed E-state index contributed by atoms with van der Waals surface area (Å²) in [5.74, 6) is 0.454. The van der Waals surface area contributed by atoms with Gasteiger partial charge in [0.25, 0.3) is 0 Å². The second-order valence-electron chi connectivity index (χ2n) is 4.98. The molecule has 3 aromatic heterocycles. The highest BCUT2D eigenvalue weighted by Crippen LogP contribution is 2.29. The zero-order valence-corrected chi connectivity index (χ0v) is 17.2. The molecule has 0 atom stereocenters. The molecule has 0 saturated heterocycles. The molecule has 0 aliphatic rings. The molecule has 0 unspecified atom stereocenters. The molecule has 7 nitrogen and oxygen atoms in total. The van der Waals surface area contributed by atoms with Gasteiger partial charge in [0.05, 0.1) is 16.7 Å². The fourth-order valence-corrected chi connectivity index (χ4v) is 3.47. The Morgan fingerprint density at radius 3 is 1.89 bits per heavy atom. The summed E-state index contributed by atoms with van der Waals surface area (Å²) in [6.45, 7) is 1.11. The lowest BCUT2D eigenvalue weighted by molar-refractivity contribution is 0.210. The molecule has 11 heteroatoms. The topological polar surface area (TPSA) is 85.7 Å². The molecule has 140 valence electrons. The molecule has 3 heterocycles. The Kier molecular flexibility index (Phi) is 7.48. The lowest BCUT2D eigenvalue weighted by atomic mass is 10.5. The van der Waals surface area contributed by atoms with E-state index in [-0.39, 0.29) is 0 Å². The van der Waals surface area contributed by atoms with Crippen LogP contribution in [0.25, 0.3) is 0 Å². The Bertz CT molecular complexity index is 817.